The number of hydrogen-bond donors (Lipinski definition) is 0. The summed E-state index contributed by atoms with van der Waals surface area (Å²) in [5.74, 6) is 0. The minimum absolute atomic E-state index is 0. The van der Waals surface area contributed by atoms with Crippen LogP contribution in [0.1, 0.15) is 83.1 Å². The average molecular weight is 1280 g/mol. The molecule has 12 aromatic carbocycles. The molecule has 0 unspecified atom stereocenters. The predicted octanol–water partition coefficient (Wildman–Crippen LogP) is 21.7. The number of halogens is 1. The van der Waals surface area contributed by atoms with Crippen molar-refractivity contribution < 1.29 is 27.9 Å². The molecule has 93 heavy (non-hydrogen) atoms. The summed E-state index contributed by atoms with van der Waals surface area (Å²) in [4.78, 5) is 0. The minimum atomic E-state index is -0.476. The van der Waals surface area contributed by atoms with Gasteiger partial charge in [0.25, 0.3) is 0 Å². The Morgan fingerprint density at radius 3 is 0.839 bits per heavy atom. The highest BCUT2D eigenvalue weighted by Crippen LogP contribution is 2.60. The van der Waals surface area contributed by atoms with Crippen LogP contribution in [-0.4, -0.2) is 54.7 Å². The molecule has 5 aliphatic rings. The molecule has 17 rings (SSSR count). The number of fused-ring (bicyclic) bond motifs is 8. The van der Waals surface area contributed by atoms with Crippen LogP contribution in [0, 0.1) is 7.43 Å². The maximum absolute atomic E-state index is 6.56. The zero-order chi connectivity index (χ0) is 63.9. The number of rotatable bonds is 6. The van der Waals surface area contributed by atoms with Gasteiger partial charge < -0.3 is 35.4 Å². The summed E-state index contributed by atoms with van der Waals surface area (Å²) in [5.41, 5.74) is 19.5. The maximum atomic E-state index is 6.56. The first kappa shape index (κ1) is 62.6. The molecular weight excluding hydrogens is 1210 g/mol. The Bertz CT molecular complexity index is 4650. The van der Waals surface area contributed by atoms with Gasteiger partial charge in [-0.05, 0) is 227 Å². The van der Waals surface area contributed by atoms with E-state index in [4.69, 9.17) is 27.9 Å². The van der Waals surface area contributed by atoms with Gasteiger partial charge in [-0.25, -0.2) is 0 Å². The smallest absolute Gasteiger partial charge is 0.405 e. The molecule has 3 fully saturated rings. The van der Waals surface area contributed by atoms with E-state index in [9.17, 15) is 0 Å². The Balaban J connectivity index is 0.000000129. The van der Waals surface area contributed by atoms with Gasteiger partial charge in [-0.15, -0.1) is 0 Å². The second-order valence-electron chi connectivity index (χ2n) is 28.1. The molecule has 0 bridgehead atoms. The zero-order valence-corrected chi connectivity index (χ0v) is 57.1. The van der Waals surface area contributed by atoms with Gasteiger partial charge >= 0.3 is 21.1 Å². The molecule has 0 spiro atoms. The molecule has 6 nitrogen and oxygen atoms in total. The molecule has 0 saturated carbocycles. The fraction of sp³-hybridized carbons (Fsp3) is 0.217. The fourth-order valence-electron chi connectivity index (χ4n) is 14.4. The van der Waals surface area contributed by atoms with E-state index in [1.165, 1.54) is 132 Å². The van der Waals surface area contributed by atoms with E-state index in [1.54, 1.807) is 0 Å². The lowest BCUT2D eigenvalue weighted by Gasteiger charge is -2.32. The summed E-state index contributed by atoms with van der Waals surface area (Å²) in [5, 5.41) is 10.2. The molecule has 2 aliphatic carbocycles. The van der Waals surface area contributed by atoms with Crippen LogP contribution in [0.15, 0.2) is 235 Å². The van der Waals surface area contributed by atoms with Crippen LogP contribution in [0.25, 0.3) is 132 Å². The van der Waals surface area contributed by atoms with Crippen molar-refractivity contribution in [2.45, 2.75) is 117 Å². The van der Waals surface area contributed by atoms with Gasteiger partial charge in [0, 0.05) is 4.47 Å². The first-order valence-electron chi connectivity index (χ1n) is 32.3. The largest absolute Gasteiger partial charge is 0.495 e. The highest BCUT2D eigenvalue weighted by molar-refractivity contribution is 9.10. The summed E-state index contributed by atoms with van der Waals surface area (Å²) >= 11 is 3.81. The quantitative estimate of drug-likeness (QED) is 0.122. The number of hydrogen-bond acceptors (Lipinski definition) is 6. The van der Waals surface area contributed by atoms with Crippen LogP contribution in [0.3, 0.4) is 0 Å². The van der Waals surface area contributed by atoms with Crippen molar-refractivity contribution in [3.63, 3.8) is 0 Å². The molecule has 0 radical (unpaired) electrons. The van der Waals surface area contributed by atoms with Gasteiger partial charge in [0.15, 0.2) is 0 Å². The van der Waals surface area contributed by atoms with Crippen LogP contribution < -0.4 is 5.46 Å². The van der Waals surface area contributed by atoms with Crippen LogP contribution >= 0.6 is 15.9 Å². The third-order valence-corrected chi connectivity index (χ3v) is 21.8. The molecule has 3 aliphatic heterocycles. The third kappa shape index (κ3) is 10.1. The van der Waals surface area contributed by atoms with Crippen LogP contribution in [0.4, 0.5) is 0 Å². The first-order valence-corrected chi connectivity index (χ1v) is 33.1. The van der Waals surface area contributed by atoms with Crippen molar-refractivity contribution in [2.24, 2.45) is 0 Å². The van der Waals surface area contributed by atoms with Gasteiger partial charge in [0.1, 0.15) is 0 Å². The lowest BCUT2D eigenvalue weighted by molar-refractivity contribution is 0.00578. The monoisotopic (exact) mass is 1280 g/mol. The molecule has 0 N–H and O–H groups in total. The van der Waals surface area contributed by atoms with Crippen molar-refractivity contribution in [1.29, 1.82) is 0 Å². The summed E-state index contributed by atoms with van der Waals surface area (Å²) < 4.78 is 38.1. The first-order chi connectivity index (χ1) is 44.1. The Labute approximate surface area is 558 Å². The van der Waals surface area contributed by atoms with E-state index in [0.717, 1.165) is 9.94 Å². The fourth-order valence-corrected chi connectivity index (χ4v) is 14.8. The molecule has 10 heteroatoms. The molecule has 0 atom stereocenters. The van der Waals surface area contributed by atoms with Gasteiger partial charge in [0.05, 0.1) is 33.6 Å². The van der Waals surface area contributed by atoms with Crippen molar-refractivity contribution in [2.75, 3.05) is 0 Å². The average Bonchev–Trinajstić information content (AvgIpc) is 1.57. The third-order valence-electron chi connectivity index (χ3n) is 21.1. The van der Waals surface area contributed by atoms with E-state index < -0.39 is 32.3 Å². The second kappa shape index (κ2) is 23.0. The van der Waals surface area contributed by atoms with Crippen LogP contribution in [-0.2, 0) is 27.9 Å². The van der Waals surface area contributed by atoms with Crippen molar-refractivity contribution in [3.8, 4) is 89.0 Å². The molecule has 0 amide bonds. The Kier molecular flexibility index (Phi) is 15.4. The van der Waals surface area contributed by atoms with Crippen LogP contribution in [0.2, 0.25) is 0 Å². The van der Waals surface area contributed by atoms with E-state index >= 15 is 0 Å². The van der Waals surface area contributed by atoms with E-state index in [1.807, 2.05) is 55.4 Å². The van der Waals surface area contributed by atoms with Crippen LogP contribution in [0.5, 0.6) is 0 Å². The summed E-state index contributed by atoms with van der Waals surface area (Å²) in [7, 11) is -1.37. The molecule has 0 aromatic heterocycles. The topological polar surface area (TPSA) is 55.4 Å². The summed E-state index contributed by atoms with van der Waals surface area (Å²) in [6, 6.07) is 83.6. The number of benzene rings is 12. The molecule has 462 valence electrons. The Hall–Kier alpha value is -7.89. The minimum Gasteiger partial charge on any atom is -0.405 e. The standard InChI is InChI=1S/C38H31BO2.C32H19Br.C12H24B2O4.CH3/c1-37(2)38(3,4)41-39(40-37)31-23-22-30-34-28(31)20-13-21-29(34)35-32(24-14-7-5-8-15-24)26-18-11-12-19-27(26)33(36(30)35)25-16-9-6-10-17-25;33-27-19-18-26-30-24(27)16-9-17-25(30)31-28(20-10-3-1-4-11-20)22-14-7-8-15-23(22)29(32(26)31)21-12-5-2-6-13-21;1-9(2)10(3,4)16-13(15-9)14-17-11(5,6)12(7,8)18-14;/h5-23H,1-4H3;1-19H;1-8H3;1H3/q;;;-1. The van der Waals surface area contributed by atoms with Gasteiger partial charge in [-0.2, -0.15) is 0 Å². The van der Waals surface area contributed by atoms with E-state index in [-0.39, 0.29) is 29.8 Å². The normalized spacial score (nSPS) is 17.6. The lowest BCUT2D eigenvalue weighted by Crippen LogP contribution is -2.41. The van der Waals surface area contributed by atoms with Gasteiger partial charge in [0.2, 0.25) is 0 Å². The van der Waals surface area contributed by atoms with Crippen molar-refractivity contribution in [1.82, 2.24) is 0 Å². The zero-order valence-electron chi connectivity index (χ0n) is 55.5. The van der Waals surface area contributed by atoms with Gasteiger partial charge in [-0.3, -0.25) is 0 Å². The molecular formula is C83H77B3BrO6-. The Morgan fingerprint density at radius 1 is 0.247 bits per heavy atom. The van der Waals surface area contributed by atoms with E-state index in [0.29, 0.717) is 0 Å². The highest BCUT2D eigenvalue weighted by atomic mass is 79.9. The van der Waals surface area contributed by atoms with Crippen molar-refractivity contribution in [3.05, 3.63) is 242 Å². The summed E-state index contributed by atoms with van der Waals surface area (Å²) in [6.45, 7) is 24.7. The molecule has 12 aromatic rings. The Morgan fingerprint density at radius 2 is 0.505 bits per heavy atom. The predicted molar refractivity (Wildman–Crippen MR) is 396 cm³/mol. The maximum Gasteiger partial charge on any atom is 0.495 e. The van der Waals surface area contributed by atoms with Crippen molar-refractivity contribution >= 4 is 85.6 Å². The summed E-state index contributed by atoms with van der Waals surface area (Å²) in [6.07, 6.45) is 0. The second-order valence-corrected chi connectivity index (χ2v) is 29.0. The molecule has 3 heterocycles. The molecule has 3 saturated heterocycles. The van der Waals surface area contributed by atoms with Gasteiger partial charge in [-0.1, -0.05) is 240 Å². The lowest BCUT2D eigenvalue weighted by atomic mass is 9.49. The van der Waals surface area contributed by atoms with E-state index in [2.05, 4.69) is 274 Å². The SMILES string of the molecule is Brc1ccc2c3c(cccc13)-c1c-2c(-c2ccccc2)c2ccccc2c1-c1ccccc1.CC1(C)OB(B2OC(C)(C)C(C)(C)O2)OC1(C)C.CC1(C)OB(c2ccc3c4c(cccc24)-c2c-3c(-c3ccccc3)c3ccccc3c2-c2ccccc2)OC1(C)C.[CH3-]. The highest BCUT2D eigenvalue weighted by Gasteiger charge is 2.64.